The monoisotopic (exact) mass is 196 g/mol. The number of carbonyl (C=O) groups excluding carboxylic acids is 1. The molecule has 70 valence electrons. The van der Waals surface area contributed by atoms with Crippen molar-refractivity contribution < 1.29 is 4.79 Å². The van der Waals surface area contributed by atoms with Gasteiger partial charge in [0.05, 0.1) is 5.51 Å². The van der Waals surface area contributed by atoms with Gasteiger partial charge < -0.3 is 5.32 Å². The fourth-order valence-electron chi connectivity index (χ4n) is 1.61. The Balaban J connectivity index is 1.91. The first-order valence-electron chi connectivity index (χ1n) is 4.51. The van der Waals surface area contributed by atoms with Gasteiger partial charge in [-0.25, -0.2) is 4.98 Å². The van der Waals surface area contributed by atoms with Crippen LogP contribution in [-0.2, 0) is 0 Å². The average Bonchev–Trinajstić information content (AvgIpc) is 2.74. The predicted molar refractivity (Wildman–Crippen MR) is 52.1 cm³/mol. The zero-order valence-electron chi connectivity index (χ0n) is 7.32. The van der Waals surface area contributed by atoms with Crippen LogP contribution >= 0.6 is 11.3 Å². The van der Waals surface area contributed by atoms with Gasteiger partial charge in [-0.15, -0.1) is 11.3 Å². The Kier molecular flexibility index (Phi) is 2.71. The van der Waals surface area contributed by atoms with E-state index in [0.717, 1.165) is 13.0 Å². The van der Waals surface area contributed by atoms with Crippen LogP contribution in [0.4, 0.5) is 0 Å². The fourth-order valence-corrected chi connectivity index (χ4v) is 2.17. The number of hydrogen-bond acceptors (Lipinski definition) is 4. The van der Waals surface area contributed by atoms with Crippen molar-refractivity contribution in [2.24, 2.45) is 0 Å². The molecule has 1 N–H and O–H groups in total. The second-order valence-electron chi connectivity index (χ2n) is 3.29. The van der Waals surface area contributed by atoms with E-state index in [1.807, 2.05) is 5.38 Å². The van der Waals surface area contributed by atoms with E-state index < -0.39 is 0 Å². The third kappa shape index (κ3) is 2.14. The standard InChI is InChI=1S/C9H12N2OS/c12-9(8-5-13-6-11-8)4-7-2-1-3-10-7/h5-7,10H,1-4H2. The summed E-state index contributed by atoms with van der Waals surface area (Å²) in [7, 11) is 0. The molecule has 1 aromatic heterocycles. The van der Waals surface area contributed by atoms with Crippen LogP contribution in [0.1, 0.15) is 29.8 Å². The van der Waals surface area contributed by atoms with Crippen LogP contribution in [0.3, 0.4) is 0 Å². The smallest absolute Gasteiger partial charge is 0.183 e. The molecule has 0 spiro atoms. The third-order valence-electron chi connectivity index (χ3n) is 2.31. The second-order valence-corrected chi connectivity index (χ2v) is 4.01. The van der Waals surface area contributed by atoms with Crippen molar-refractivity contribution in [3.05, 3.63) is 16.6 Å². The Morgan fingerprint density at radius 1 is 1.77 bits per heavy atom. The summed E-state index contributed by atoms with van der Waals surface area (Å²) in [6.07, 6.45) is 2.91. The highest BCUT2D eigenvalue weighted by atomic mass is 32.1. The number of carbonyl (C=O) groups is 1. The Labute approximate surface area is 81.2 Å². The van der Waals surface area contributed by atoms with Crippen LogP contribution in [0, 0.1) is 0 Å². The molecule has 1 fully saturated rings. The summed E-state index contributed by atoms with van der Waals surface area (Å²) >= 11 is 1.47. The van der Waals surface area contributed by atoms with E-state index in [-0.39, 0.29) is 5.78 Å². The second kappa shape index (κ2) is 3.98. The molecule has 4 heteroatoms. The molecule has 0 amide bonds. The summed E-state index contributed by atoms with van der Waals surface area (Å²) in [5, 5.41) is 5.12. The number of rotatable bonds is 3. The van der Waals surface area contributed by atoms with Gasteiger partial charge in [-0.05, 0) is 19.4 Å². The van der Waals surface area contributed by atoms with Gasteiger partial charge in [0, 0.05) is 17.8 Å². The van der Waals surface area contributed by atoms with Crippen molar-refractivity contribution in [3.63, 3.8) is 0 Å². The van der Waals surface area contributed by atoms with Crippen molar-refractivity contribution >= 4 is 17.1 Å². The first kappa shape index (κ1) is 8.84. The molecular weight excluding hydrogens is 184 g/mol. The molecular formula is C9H12N2OS. The average molecular weight is 196 g/mol. The van der Waals surface area contributed by atoms with Crippen LogP contribution in [0.5, 0.6) is 0 Å². The molecule has 1 saturated heterocycles. The van der Waals surface area contributed by atoms with Crippen molar-refractivity contribution in [3.8, 4) is 0 Å². The van der Waals surface area contributed by atoms with Gasteiger partial charge in [-0.2, -0.15) is 0 Å². The molecule has 1 aliphatic rings. The lowest BCUT2D eigenvalue weighted by Crippen LogP contribution is -2.24. The van der Waals surface area contributed by atoms with Crippen LogP contribution in [-0.4, -0.2) is 23.4 Å². The molecule has 1 atom stereocenters. The maximum Gasteiger partial charge on any atom is 0.183 e. The van der Waals surface area contributed by atoms with Crippen molar-refractivity contribution in [2.45, 2.75) is 25.3 Å². The highest BCUT2D eigenvalue weighted by Crippen LogP contribution is 2.12. The number of hydrogen-bond donors (Lipinski definition) is 1. The molecule has 0 saturated carbocycles. The van der Waals surface area contributed by atoms with E-state index in [1.54, 1.807) is 5.51 Å². The SMILES string of the molecule is O=C(CC1CCCN1)c1cscn1. The lowest BCUT2D eigenvalue weighted by Gasteiger charge is -2.06. The van der Waals surface area contributed by atoms with Gasteiger partial charge in [0.1, 0.15) is 5.69 Å². The predicted octanol–water partition coefficient (Wildman–Crippen LogP) is 1.47. The van der Waals surface area contributed by atoms with Gasteiger partial charge in [0.25, 0.3) is 0 Å². The van der Waals surface area contributed by atoms with Crippen molar-refractivity contribution in [1.29, 1.82) is 0 Å². The number of Topliss-reactive ketones (excluding diaryl/α,β-unsaturated/α-hetero) is 1. The molecule has 2 rings (SSSR count). The van der Waals surface area contributed by atoms with Gasteiger partial charge in [-0.3, -0.25) is 4.79 Å². The van der Waals surface area contributed by atoms with Crippen molar-refractivity contribution in [1.82, 2.24) is 10.3 Å². The number of ketones is 1. The van der Waals surface area contributed by atoms with Gasteiger partial charge in [0.2, 0.25) is 0 Å². The highest BCUT2D eigenvalue weighted by molar-refractivity contribution is 7.07. The molecule has 2 heterocycles. The third-order valence-corrected chi connectivity index (χ3v) is 2.90. The highest BCUT2D eigenvalue weighted by Gasteiger charge is 2.19. The first-order valence-corrected chi connectivity index (χ1v) is 5.45. The van der Waals surface area contributed by atoms with Crippen LogP contribution in [0.2, 0.25) is 0 Å². The Hall–Kier alpha value is -0.740. The van der Waals surface area contributed by atoms with E-state index in [9.17, 15) is 4.79 Å². The summed E-state index contributed by atoms with van der Waals surface area (Å²) in [6, 6.07) is 0.384. The van der Waals surface area contributed by atoms with Crippen LogP contribution < -0.4 is 5.32 Å². The lowest BCUT2D eigenvalue weighted by molar-refractivity contribution is 0.0967. The van der Waals surface area contributed by atoms with Gasteiger partial charge in [-0.1, -0.05) is 0 Å². The summed E-state index contributed by atoms with van der Waals surface area (Å²) in [5.41, 5.74) is 2.33. The molecule has 1 aliphatic heterocycles. The fraction of sp³-hybridized carbons (Fsp3) is 0.556. The van der Waals surface area contributed by atoms with E-state index in [1.165, 1.54) is 17.8 Å². The molecule has 13 heavy (non-hydrogen) atoms. The lowest BCUT2D eigenvalue weighted by atomic mass is 10.1. The maximum absolute atomic E-state index is 11.6. The topological polar surface area (TPSA) is 42.0 Å². The molecule has 0 aliphatic carbocycles. The normalized spacial score (nSPS) is 22.0. The number of nitrogens with zero attached hydrogens (tertiary/aromatic N) is 1. The largest absolute Gasteiger partial charge is 0.314 e. The zero-order chi connectivity index (χ0) is 9.10. The molecule has 3 nitrogen and oxygen atoms in total. The minimum absolute atomic E-state index is 0.167. The number of nitrogens with one attached hydrogen (secondary N) is 1. The summed E-state index contributed by atoms with van der Waals surface area (Å²) in [4.78, 5) is 15.6. The van der Waals surface area contributed by atoms with E-state index in [2.05, 4.69) is 10.3 Å². The Morgan fingerprint density at radius 2 is 2.69 bits per heavy atom. The van der Waals surface area contributed by atoms with Gasteiger partial charge in [0.15, 0.2) is 5.78 Å². The summed E-state index contributed by atoms with van der Waals surface area (Å²) in [5.74, 6) is 0.167. The Bertz CT molecular complexity index is 278. The summed E-state index contributed by atoms with van der Waals surface area (Å²) in [6.45, 7) is 1.05. The van der Waals surface area contributed by atoms with Crippen LogP contribution in [0.25, 0.3) is 0 Å². The quantitative estimate of drug-likeness (QED) is 0.744. The molecule has 0 aromatic carbocycles. The van der Waals surface area contributed by atoms with Gasteiger partial charge >= 0.3 is 0 Å². The van der Waals surface area contributed by atoms with Crippen LogP contribution in [0.15, 0.2) is 10.9 Å². The van der Waals surface area contributed by atoms with E-state index in [4.69, 9.17) is 0 Å². The van der Waals surface area contributed by atoms with E-state index >= 15 is 0 Å². The summed E-state index contributed by atoms with van der Waals surface area (Å²) < 4.78 is 0. The first-order chi connectivity index (χ1) is 6.36. The minimum Gasteiger partial charge on any atom is -0.314 e. The number of aromatic nitrogens is 1. The minimum atomic E-state index is 0.167. The zero-order valence-corrected chi connectivity index (χ0v) is 8.14. The van der Waals surface area contributed by atoms with E-state index in [0.29, 0.717) is 18.2 Å². The Morgan fingerprint density at radius 3 is 3.31 bits per heavy atom. The molecule has 0 radical (unpaired) electrons. The molecule has 0 bridgehead atoms. The molecule has 1 aromatic rings. The maximum atomic E-state index is 11.6. The van der Waals surface area contributed by atoms with Crippen molar-refractivity contribution in [2.75, 3.05) is 6.54 Å². The number of thiazole rings is 1. The molecule has 1 unspecified atom stereocenters.